The Morgan fingerprint density at radius 3 is 2.31 bits per heavy atom. The third-order valence-corrected chi connectivity index (χ3v) is 6.35. The third-order valence-electron chi connectivity index (χ3n) is 6.35. The predicted molar refractivity (Wildman–Crippen MR) is 116 cm³/mol. The molecule has 29 heavy (non-hydrogen) atoms. The standard InChI is InChI=1S/C23H29N5O/c1-4-23(5-2,22(24)29)21-20(17-10-8-16(3)9-11-17)25-18-12-13-19(26-28(18)21)27-14-6-7-15-27/h8-13H,4-7,14-15H2,1-3H3,(H2,24,29). The van der Waals surface area contributed by atoms with E-state index in [4.69, 9.17) is 15.8 Å². The number of aryl methyl sites for hydroxylation is 1. The number of imidazole rings is 1. The summed E-state index contributed by atoms with van der Waals surface area (Å²) in [4.78, 5) is 19.9. The first-order valence-corrected chi connectivity index (χ1v) is 10.5. The topological polar surface area (TPSA) is 76.5 Å². The molecule has 0 spiro atoms. The lowest BCUT2D eigenvalue weighted by atomic mass is 9.76. The lowest BCUT2D eigenvalue weighted by molar-refractivity contribution is -0.124. The van der Waals surface area contributed by atoms with Gasteiger partial charge in [0.2, 0.25) is 5.91 Å². The maximum Gasteiger partial charge on any atom is 0.229 e. The zero-order chi connectivity index (χ0) is 20.6. The molecule has 0 saturated carbocycles. The fourth-order valence-electron chi connectivity index (χ4n) is 4.43. The van der Waals surface area contributed by atoms with Gasteiger partial charge in [-0.3, -0.25) is 4.79 Å². The lowest BCUT2D eigenvalue weighted by Gasteiger charge is -2.28. The minimum absolute atomic E-state index is 0.328. The predicted octanol–water partition coefficient (Wildman–Crippen LogP) is 3.85. The summed E-state index contributed by atoms with van der Waals surface area (Å²) in [5.74, 6) is 0.598. The van der Waals surface area contributed by atoms with Crippen molar-refractivity contribution < 1.29 is 4.79 Å². The van der Waals surface area contributed by atoms with E-state index in [1.54, 1.807) is 0 Å². The number of carbonyl (C=O) groups excluding carboxylic acids is 1. The van der Waals surface area contributed by atoms with Gasteiger partial charge in [-0.15, -0.1) is 5.10 Å². The molecule has 1 fully saturated rings. The quantitative estimate of drug-likeness (QED) is 0.692. The molecule has 1 aliphatic heterocycles. The number of nitrogens with two attached hydrogens (primary N) is 1. The Morgan fingerprint density at radius 2 is 1.72 bits per heavy atom. The van der Waals surface area contributed by atoms with Crippen molar-refractivity contribution in [2.45, 2.75) is 51.9 Å². The van der Waals surface area contributed by atoms with Crippen LogP contribution in [-0.4, -0.2) is 33.6 Å². The minimum atomic E-state index is -0.823. The van der Waals surface area contributed by atoms with Crippen LogP contribution in [0.3, 0.4) is 0 Å². The first kappa shape index (κ1) is 19.4. The Labute approximate surface area is 171 Å². The van der Waals surface area contributed by atoms with Gasteiger partial charge in [0.15, 0.2) is 5.65 Å². The van der Waals surface area contributed by atoms with Crippen LogP contribution in [0, 0.1) is 6.92 Å². The SMILES string of the molecule is CCC(CC)(C(N)=O)c1c(-c2ccc(C)cc2)nc2ccc(N3CCCC3)nn12. The van der Waals surface area contributed by atoms with E-state index in [1.807, 2.05) is 30.5 Å². The summed E-state index contributed by atoms with van der Waals surface area (Å²) in [6.45, 7) is 8.10. The summed E-state index contributed by atoms with van der Waals surface area (Å²) < 4.78 is 1.86. The van der Waals surface area contributed by atoms with Crippen LogP contribution in [-0.2, 0) is 10.2 Å². The van der Waals surface area contributed by atoms with Crippen LogP contribution in [0.2, 0.25) is 0 Å². The molecule has 0 aliphatic carbocycles. The van der Waals surface area contributed by atoms with E-state index in [1.165, 1.54) is 18.4 Å². The molecule has 1 aliphatic rings. The van der Waals surface area contributed by atoms with E-state index in [0.29, 0.717) is 12.8 Å². The van der Waals surface area contributed by atoms with E-state index < -0.39 is 5.41 Å². The zero-order valence-electron chi connectivity index (χ0n) is 17.5. The maximum absolute atomic E-state index is 12.7. The van der Waals surface area contributed by atoms with Gasteiger partial charge >= 0.3 is 0 Å². The highest BCUT2D eigenvalue weighted by atomic mass is 16.1. The van der Waals surface area contributed by atoms with E-state index in [-0.39, 0.29) is 5.91 Å². The van der Waals surface area contributed by atoms with Crippen LogP contribution in [0.15, 0.2) is 36.4 Å². The summed E-state index contributed by atoms with van der Waals surface area (Å²) >= 11 is 0. The molecule has 1 amide bonds. The first-order chi connectivity index (χ1) is 14.0. The number of primary amides is 1. The van der Waals surface area contributed by atoms with Crippen molar-refractivity contribution in [3.05, 3.63) is 47.7 Å². The molecular weight excluding hydrogens is 362 g/mol. The summed E-state index contributed by atoms with van der Waals surface area (Å²) in [7, 11) is 0. The van der Waals surface area contributed by atoms with E-state index in [9.17, 15) is 4.79 Å². The molecule has 0 atom stereocenters. The minimum Gasteiger partial charge on any atom is -0.369 e. The number of anilines is 1. The second-order valence-electron chi connectivity index (χ2n) is 7.98. The smallest absolute Gasteiger partial charge is 0.229 e. The van der Waals surface area contributed by atoms with Crippen LogP contribution in [0.4, 0.5) is 5.82 Å². The van der Waals surface area contributed by atoms with Crippen molar-refractivity contribution in [1.82, 2.24) is 14.6 Å². The molecular formula is C23H29N5O. The number of hydrogen-bond donors (Lipinski definition) is 1. The highest BCUT2D eigenvalue weighted by Gasteiger charge is 2.41. The molecule has 6 heteroatoms. The Morgan fingerprint density at radius 1 is 1.07 bits per heavy atom. The van der Waals surface area contributed by atoms with E-state index in [0.717, 1.165) is 41.5 Å². The molecule has 2 aromatic heterocycles. The van der Waals surface area contributed by atoms with Gasteiger partial charge < -0.3 is 10.6 Å². The highest BCUT2D eigenvalue weighted by Crippen LogP contribution is 2.39. The number of carbonyl (C=O) groups is 1. The van der Waals surface area contributed by atoms with Gasteiger partial charge in [0.05, 0.1) is 16.8 Å². The molecule has 1 saturated heterocycles. The molecule has 3 aromatic rings. The molecule has 0 radical (unpaired) electrons. The summed E-state index contributed by atoms with van der Waals surface area (Å²) in [5, 5.41) is 4.94. The van der Waals surface area contributed by atoms with E-state index >= 15 is 0 Å². The maximum atomic E-state index is 12.7. The number of nitrogens with zero attached hydrogens (tertiary/aromatic N) is 4. The normalized spacial score (nSPS) is 14.7. The third kappa shape index (κ3) is 3.16. The highest BCUT2D eigenvalue weighted by molar-refractivity contribution is 5.89. The Kier molecular flexibility index (Phi) is 5.03. The second-order valence-corrected chi connectivity index (χ2v) is 7.98. The van der Waals surface area contributed by atoms with Crippen molar-refractivity contribution in [3.63, 3.8) is 0 Å². The molecule has 0 bridgehead atoms. The average Bonchev–Trinajstić information content (AvgIpc) is 3.38. The van der Waals surface area contributed by atoms with Gasteiger partial charge in [0.1, 0.15) is 5.82 Å². The number of hydrogen-bond acceptors (Lipinski definition) is 4. The van der Waals surface area contributed by atoms with Gasteiger partial charge in [0, 0.05) is 18.7 Å². The number of rotatable bonds is 6. The summed E-state index contributed by atoms with van der Waals surface area (Å²) in [6.07, 6.45) is 3.56. The largest absolute Gasteiger partial charge is 0.369 e. The van der Waals surface area contributed by atoms with Gasteiger partial charge in [-0.2, -0.15) is 0 Å². The fourth-order valence-corrected chi connectivity index (χ4v) is 4.43. The zero-order valence-corrected chi connectivity index (χ0v) is 17.5. The molecule has 4 rings (SSSR count). The van der Waals surface area contributed by atoms with E-state index in [2.05, 4.69) is 36.1 Å². The van der Waals surface area contributed by atoms with Gasteiger partial charge in [-0.05, 0) is 44.7 Å². The number of fused-ring (bicyclic) bond motifs is 1. The lowest BCUT2D eigenvalue weighted by Crippen LogP contribution is -2.42. The monoisotopic (exact) mass is 391 g/mol. The Balaban J connectivity index is 2.01. The van der Waals surface area contributed by atoms with Crippen molar-refractivity contribution >= 4 is 17.4 Å². The van der Waals surface area contributed by atoms with Gasteiger partial charge in [0.25, 0.3) is 0 Å². The van der Waals surface area contributed by atoms with Crippen LogP contribution < -0.4 is 10.6 Å². The first-order valence-electron chi connectivity index (χ1n) is 10.5. The van der Waals surface area contributed by atoms with Crippen molar-refractivity contribution in [2.75, 3.05) is 18.0 Å². The van der Waals surface area contributed by atoms with Crippen molar-refractivity contribution in [1.29, 1.82) is 0 Å². The van der Waals surface area contributed by atoms with Crippen LogP contribution in [0.25, 0.3) is 16.9 Å². The fraction of sp³-hybridized carbons (Fsp3) is 0.435. The van der Waals surface area contributed by atoms with Crippen LogP contribution in [0.1, 0.15) is 50.8 Å². The summed E-state index contributed by atoms with van der Waals surface area (Å²) in [6, 6.07) is 12.3. The van der Waals surface area contributed by atoms with Gasteiger partial charge in [-0.25, -0.2) is 9.50 Å². The number of amides is 1. The number of aromatic nitrogens is 3. The molecule has 2 N–H and O–H groups in total. The van der Waals surface area contributed by atoms with Crippen molar-refractivity contribution in [3.8, 4) is 11.3 Å². The average molecular weight is 392 g/mol. The Hall–Kier alpha value is -2.89. The van der Waals surface area contributed by atoms with Crippen LogP contribution in [0.5, 0.6) is 0 Å². The van der Waals surface area contributed by atoms with Crippen LogP contribution >= 0.6 is 0 Å². The summed E-state index contributed by atoms with van der Waals surface area (Å²) in [5.41, 5.74) is 9.66. The molecule has 1 aromatic carbocycles. The van der Waals surface area contributed by atoms with Crippen molar-refractivity contribution in [2.24, 2.45) is 5.73 Å². The number of benzene rings is 1. The molecule has 152 valence electrons. The molecule has 6 nitrogen and oxygen atoms in total. The molecule has 0 unspecified atom stereocenters. The van der Waals surface area contributed by atoms with Gasteiger partial charge in [-0.1, -0.05) is 43.7 Å². The molecule has 3 heterocycles. The Bertz CT molecular complexity index is 1030. The second kappa shape index (κ2) is 7.50.